The van der Waals surface area contributed by atoms with Gasteiger partial charge in [0.25, 0.3) is 0 Å². The van der Waals surface area contributed by atoms with Crippen LogP contribution in [0.3, 0.4) is 0 Å². The first-order valence-corrected chi connectivity index (χ1v) is 22.4. The standard InChI is InChI=1S/C55H36N4Si/c56-36-38-30-35-46(57-37-38)39-31-33-41(34-32-39)58-47-22-8-4-18-42(47)55(43-19-5-9-23-48(43)58)44-20-6-12-26-51(44)60(52-27-13-7-21-45(52)55)53-28-14-10-24-49(53)59(40-16-2-1-3-17-40)50-25-11-15-29-54(50)60/h1-35,37H. The average molecular weight is 781 g/mol. The van der Waals surface area contributed by atoms with Gasteiger partial charge in [-0.1, -0.05) is 152 Å². The molecule has 3 aliphatic rings. The zero-order valence-corrected chi connectivity index (χ0v) is 33.6. The third-order valence-corrected chi connectivity index (χ3v) is 17.9. The highest BCUT2D eigenvalue weighted by atomic mass is 28.3. The first-order valence-electron chi connectivity index (χ1n) is 20.4. The van der Waals surface area contributed by atoms with Crippen molar-refractivity contribution in [2.75, 3.05) is 9.80 Å². The summed E-state index contributed by atoms with van der Waals surface area (Å²) in [5.41, 5.74) is 14.0. The van der Waals surface area contributed by atoms with E-state index in [0.29, 0.717) is 5.56 Å². The van der Waals surface area contributed by atoms with Crippen LogP contribution in [-0.4, -0.2) is 13.1 Å². The lowest BCUT2D eigenvalue weighted by atomic mass is 9.62. The molecule has 3 aliphatic heterocycles. The van der Waals surface area contributed by atoms with Crippen molar-refractivity contribution >= 4 is 62.9 Å². The number of para-hydroxylation sites is 5. The number of pyridine rings is 1. The molecule has 0 saturated heterocycles. The summed E-state index contributed by atoms with van der Waals surface area (Å²) in [6, 6.07) is 80.6. The van der Waals surface area contributed by atoms with Gasteiger partial charge in [0, 0.05) is 34.5 Å². The minimum absolute atomic E-state index is 0.552. The molecule has 1 aromatic heterocycles. The van der Waals surface area contributed by atoms with Crippen LogP contribution in [0.15, 0.2) is 219 Å². The highest BCUT2D eigenvalue weighted by molar-refractivity contribution is 7.22. The van der Waals surface area contributed by atoms with E-state index in [2.05, 4.69) is 221 Å². The lowest BCUT2D eigenvalue weighted by Crippen LogP contribution is -2.81. The van der Waals surface area contributed by atoms with E-state index < -0.39 is 13.5 Å². The lowest BCUT2D eigenvalue weighted by Gasteiger charge is -2.55. The summed E-state index contributed by atoms with van der Waals surface area (Å²) < 4.78 is 0. The van der Waals surface area contributed by atoms with Crippen molar-refractivity contribution < 1.29 is 0 Å². The third kappa shape index (κ3) is 4.51. The van der Waals surface area contributed by atoms with Crippen LogP contribution in [0.25, 0.3) is 11.3 Å². The predicted octanol–water partition coefficient (Wildman–Crippen LogP) is 10.3. The van der Waals surface area contributed by atoms with Crippen LogP contribution in [0, 0.1) is 11.3 Å². The molecule has 0 saturated carbocycles. The Morgan fingerprint density at radius 2 is 0.833 bits per heavy atom. The van der Waals surface area contributed by atoms with Crippen molar-refractivity contribution in [1.82, 2.24) is 4.98 Å². The maximum absolute atomic E-state index is 9.34. The monoisotopic (exact) mass is 780 g/mol. The van der Waals surface area contributed by atoms with Crippen LogP contribution in [0.5, 0.6) is 0 Å². The number of fused-ring (bicyclic) bond motifs is 14. The number of rotatable bonds is 3. The number of hydrogen-bond acceptors (Lipinski definition) is 4. The molecule has 0 unspecified atom stereocenters. The average Bonchev–Trinajstić information content (AvgIpc) is 3.33. The minimum atomic E-state index is -2.98. The molecule has 0 N–H and O–H groups in total. The summed E-state index contributed by atoms with van der Waals surface area (Å²) in [5, 5.41) is 15.0. The van der Waals surface area contributed by atoms with Gasteiger partial charge in [0.05, 0.1) is 28.0 Å². The second-order valence-electron chi connectivity index (χ2n) is 15.8. The zero-order chi connectivity index (χ0) is 39.8. The number of nitrogens with zero attached hydrogens (tertiary/aromatic N) is 4. The molecule has 0 aliphatic carbocycles. The van der Waals surface area contributed by atoms with Crippen LogP contribution in [0.4, 0.5) is 34.1 Å². The highest BCUT2D eigenvalue weighted by Crippen LogP contribution is 2.58. The van der Waals surface area contributed by atoms with Crippen LogP contribution in [0.2, 0.25) is 0 Å². The van der Waals surface area contributed by atoms with Gasteiger partial charge in [-0.05, 0) is 104 Å². The molecule has 4 heterocycles. The van der Waals surface area contributed by atoms with E-state index in [1.807, 2.05) is 12.1 Å². The van der Waals surface area contributed by atoms with Gasteiger partial charge in [-0.15, -0.1) is 0 Å². The zero-order valence-electron chi connectivity index (χ0n) is 32.6. The molecular weight excluding hydrogens is 745 g/mol. The number of nitriles is 1. The Morgan fingerprint density at radius 3 is 1.35 bits per heavy atom. The van der Waals surface area contributed by atoms with Crippen molar-refractivity contribution in [1.29, 1.82) is 5.26 Å². The summed E-state index contributed by atoms with van der Waals surface area (Å²) >= 11 is 0. The van der Waals surface area contributed by atoms with Gasteiger partial charge in [-0.2, -0.15) is 5.26 Å². The van der Waals surface area contributed by atoms with E-state index in [0.717, 1.165) is 34.0 Å². The van der Waals surface area contributed by atoms with E-state index >= 15 is 0 Å². The molecule has 9 aromatic rings. The number of benzene rings is 8. The van der Waals surface area contributed by atoms with Gasteiger partial charge in [0.2, 0.25) is 0 Å². The molecular formula is C55H36N4Si. The Balaban J connectivity index is 1.14. The van der Waals surface area contributed by atoms with Crippen molar-refractivity contribution in [3.05, 3.63) is 246 Å². The Hall–Kier alpha value is -7.78. The normalized spacial score (nSPS) is 14.5. The molecule has 0 amide bonds. The van der Waals surface area contributed by atoms with Crippen molar-refractivity contribution in [2.45, 2.75) is 5.41 Å². The Labute approximate surface area is 350 Å². The molecule has 60 heavy (non-hydrogen) atoms. The summed E-state index contributed by atoms with van der Waals surface area (Å²) in [6.45, 7) is 0. The van der Waals surface area contributed by atoms with E-state index in [9.17, 15) is 5.26 Å². The quantitative estimate of drug-likeness (QED) is 0.168. The molecule has 2 spiro atoms. The summed E-state index contributed by atoms with van der Waals surface area (Å²) in [7, 11) is -2.98. The first-order chi connectivity index (χ1) is 29.7. The summed E-state index contributed by atoms with van der Waals surface area (Å²) in [5.74, 6) is 0. The first kappa shape index (κ1) is 34.3. The van der Waals surface area contributed by atoms with E-state index in [4.69, 9.17) is 0 Å². The van der Waals surface area contributed by atoms with Crippen LogP contribution < -0.4 is 30.5 Å². The Bertz CT molecular complexity index is 3040. The third-order valence-electron chi connectivity index (χ3n) is 13.0. The van der Waals surface area contributed by atoms with Gasteiger partial charge in [-0.3, -0.25) is 4.98 Å². The lowest BCUT2D eigenvalue weighted by molar-refractivity contribution is 0.736. The van der Waals surface area contributed by atoms with Gasteiger partial charge >= 0.3 is 0 Å². The Kier molecular flexibility index (Phi) is 7.49. The second kappa shape index (κ2) is 13.1. The Morgan fingerprint density at radius 1 is 0.400 bits per heavy atom. The molecule has 0 bridgehead atoms. The molecule has 0 fully saturated rings. The van der Waals surface area contributed by atoms with E-state index in [1.54, 1.807) is 6.20 Å². The fraction of sp³-hybridized carbons (Fsp3) is 0.0182. The maximum atomic E-state index is 9.34. The van der Waals surface area contributed by atoms with Crippen LogP contribution >= 0.6 is 0 Å². The van der Waals surface area contributed by atoms with Gasteiger partial charge in [-0.25, -0.2) is 0 Å². The smallest absolute Gasteiger partial charge is 0.184 e. The van der Waals surface area contributed by atoms with Crippen LogP contribution in [0.1, 0.15) is 27.8 Å². The highest BCUT2D eigenvalue weighted by Gasteiger charge is 2.60. The van der Waals surface area contributed by atoms with Gasteiger partial charge in [0.15, 0.2) is 8.07 Å². The van der Waals surface area contributed by atoms with Crippen molar-refractivity contribution in [3.63, 3.8) is 0 Å². The molecule has 8 aromatic carbocycles. The van der Waals surface area contributed by atoms with Crippen molar-refractivity contribution in [2.24, 2.45) is 0 Å². The van der Waals surface area contributed by atoms with Gasteiger partial charge < -0.3 is 9.80 Å². The molecule has 12 rings (SSSR count). The fourth-order valence-corrected chi connectivity index (χ4v) is 16.4. The van der Waals surface area contributed by atoms with Crippen molar-refractivity contribution in [3.8, 4) is 17.3 Å². The van der Waals surface area contributed by atoms with E-state index in [-0.39, 0.29) is 0 Å². The molecule has 0 atom stereocenters. The number of anilines is 6. The molecule has 5 heteroatoms. The topological polar surface area (TPSA) is 43.2 Å². The molecule has 280 valence electrons. The number of hydrogen-bond donors (Lipinski definition) is 0. The SMILES string of the molecule is N#Cc1ccc(-c2ccc(N3c4ccccc4C4(c5ccccc53)c3ccccc3[Si]3(c5ccccc5N(c5ccccc5)c5ccccc53)c3ccccc34)cc2)nc1. The van der Waals surface area contributed by atoms with Crippen LogP contribution in [-0.2, 0) is 5.41 Å². The summed E-state index contributed by atoms with van der Waals surface area (Å²) in [4.78, 5) is 9.49. The number of aromatic nitrogens is 1. The van der Waals surface area contributed by atoms with E-state index in [1.165, 1.54) is 54.4 Å². The summed E-state index contributed by atoms with van der Waals surface area (Å²) in [6.07, 6.45) is 1.64. The maximum Gasteiger partial charge on any atom is 0.184 e. The second-order valence-corrected chi connectivity index (χ2v) is 19.4. The predicted molar refractivity (Wildman–Crippen MR) is 246 cm³/mol. The molecule has 4 nitrogen and oxygen atoms in total. The fourth-order valence-electron chi connectivity index (χ4n) is 10.8. The largest absolute Gasteiger partial charge is 0.311 e. The van der Waals surface area contributed by atoms with Gasteiger partial charge in [0.1, 0.15) is 6.07 Å². The molecule has 0 radical (unpaired) electrons. The minimum Gasteiger partial charge on any atom is -0.311 e.